The molecule has 0 aromatic rings. The maximum atomic E-state index is 10.3. The van der Waals surface area contributed by atoms with Gasteiger partial charge in [-0.05, 0) is 12.8 Å². The van der Waals surface area contributed by atoms with Crippen LogP contribution in [-0.4, -0.2) is 167 Å². The van der Waals surface area contributed by atoms with E-state index in [1.807, 2.05) is 0 Å². The molecule has 0 unspecified atom stereocenters. The average molecular weight is 406 g/mol. The summed E-state index contributed by atoms with van der Waals surface area (Å²) in [7, 11) is -4.93. The molecule has 6 nitrogen and oxygen atoms in total. The fourth-order valence-electron chi connectivity index (χ4n) is 0.718. The van der Waals surface area contributed by atoms with Gasteiger partial charge in [-0.3, -0.25) is 9.11 Å². The van der Waals surface area contributed by atoms with Gasteiger partial charge in [0.25, 0.3) is 20.2 Å². The summed E-state index contributed by atoms with van der Waals surface area (Å²) in [5.74, 6) is 0.615. The number of rotatable bonds is 9. The molecule has 0 fully saturated rings. The Kier molecular flexibility index (Phi) is 35.3. The quantitative estimate of drug-likeness (QED) is 0.203. The van der Waals surface area contributed by atoms with Gasteiger partial charge in [0.1, 0.15) is 0 Å². The standard InChI is InChI=1S/C6H14O6S4.4Na.4H/c7-15(8,9)5-1-3-13-14-4-2-6-16(10,11)12;;;;;;;;/h1-6H2,(H,7,8,9)(H,10,11,12);;;;;;;;. The van der Waals surface area contributed by atoms with Crippen LogP contribution in [0.5, 0.6) is 0 Å². The molecular weight excluding hydrogens is 388 g/mol. The van der Waals surface area contributed by atoms with Crippen molar-refractivity contribution >= 4 is 160 Å². The molecule has 0 heterocycles. The van der Waals surface area contributed by atoms with Crippen LogP contribution in [0.25, 0.3) is 0 Å². The summed E-state index contributed by atoms with van der Waals surface area (Å²) in [5.41, 5.74) is 0. The van der Waals surface area contributed by atoms with Gasteiger partial charge in [-0.2, -0.15) is 16.8 Å². The van der Waals surface area contributed by atoms with E-state index in [4.69, 9.17) is 9.11 Å². The third-order valence-corrected chi connectivity index (χ3v) is 5.53. The second kappa shape index (κ2) is 19.8. The van der Waals surface area contributed by atoms with Crippen molar-refractivity contribution < 1.29 is 25.9 Å². The van der Waals surface area contributed by atoms with Crippen molar-refractivity contribution in [1.82, 2.24) is 0 Å². The Labute approximate surface area is 217 Å². The molecule has 0 spiro atoms. The molecule has 0 aliphatic rings. The Morgan fingerprint density at radius 1 is 0.650 bits per heavy atom. The molecule has 2 N–H and O–H groups in total. The molecule has 0 aliphatic heterocycles. The van der Waals surface area contributed by atoms with Crippen molar-refractivity contribution in [2.24, 2.45) is 0 Å². The van der Waals surface area contributed by atoms with Gasteiger partial charge in [0.05, 0.1) is 11.5 Å². The maximum absolute atomic E-state index is 10.3. The van der Waals surface area contributed by atoms with Crippen LogP contribution in [0.15, 0.2) is 0 Å². The van der Waals surface area contributed by atoms with Crippen molar-refractivity contribution in [3.63, 3.8) is 0 Å². The van der Waals surface area contributed by atoms with Crippen LogP contribution in [0, 0.1) is 0 Å². The summed E-state index contributed by atoms with van der Waals surface area (Å²) < 4.78 is 58.1. The normalized spacial score (nSPS) is 10.3. The third-order valence-electron chi connectivity index (χ3n) is 1.34. The van der Waals surface area contributed by atoms with Gasteiger partial charge in [0.15, 0.2) is 0 Å². The minimum absolute atomic E-state index is 0. The van der Waals surface area contributed by atoms with Gasteiger partial charge in [-0.1, -0.05) is 21.6 Å². The molecule has 0 amide bonds. The molecule has 20 heavy (non-hydrogen) atoms. The van der Waals surface area contributed by atoms with Gasteiger partial charge < -0.3 is 0 Å². The summed E-state index contributed by atoms with van der Waals surface area (Å²) >= 11 is 0. The van der Waals surface area contributed by atoms with Crippen LogP contribution >= 0.6 is 21.6 Å². The van der Waals surface area contributed by atoms with Gasteiger partial charge in [0.2, 0.25) is 0 Å². The van der Waals surface area contributed by atoms with Crippen LogP contribution in [0.1, 0.15) is 12.8 Å². The summed E-state index contributed by atoms with van der Waals surface area (Å²) in [6.45, 7) is 0. The van der Waals surface area contributed by atoms with Crippen molar-refractivity contribution in [2.75, 3.05) is 23.0 Å². The Morgan fingerprint density at radius 3 is 1.10 bits per heavy atom. The fourth-order valence-corrected chi connectivity index (χ4v) is 4.28. The summed E-state index contributed by atoms with van der Waals surface area (Å²) in [5, 5.41) is 0. The van der Waals surface area contributed by atoms with E-state index in [1.165, 1.54) is 21.6 Å². The SMILES string of the molecule is O=S(=O)(O)CCCSSCCCS(=O)(=O)O.[NaH].[NaH].[NaH].[NaH]. The Bertz CT molecular complexity index is 348. The summed E-state index contributed by atoms with van der Waals surface area (Å²) in [6, 6.07) is 0. The third kappa shape index (κ3) is 34.0. The summed E-state index contributed by atoms with van der Waals surface area (Å²) in [4.78, 5) is 0. The van der Waals surface area contributed by atoms with Gasteiger partial charge >= 0.3 is 118 Å². The van der Waals surface area contributed by atoms with Crippen molar-refractivity contribution in [2.45, 2.75) is 12.8 Å². The number of hydrogen-bond donors (Lipinski definition) is 2. The molecule has 0 atom stereocenters. The molecule has 0 aromatic carbocycles. The Hall–Kier alpha value is 4.52. The van der Waals surface area contributed by atoms with E-state index in [1.54, 1.807) is 0 Å². The van der Waals surface area contributed by atoms with Crippen molar-refractivity contribution in [3.8, 4) is 0 Å². The zero-order valence-electron chi connectivity index (χ0n) is 8.40. The average Bonchev–Trinajstić information content (AvgIpc) is 2.06. The van der Waals surface area contributed by atoms with E-state index in [-0.39, 0.29) is 130 Å². The molecule has 0 saturated carbocycles. The van der Waals surface area contributed by atoms with Gasteiger partial charge in [-0.25, -0.2) is 0 Å². The van der Waals surface area contributed by atoms with Crippen LogP contribution in [0.3, 0.4) is 0 Å². The number of hydrogen-bond acceptors (Lipinski definition) is 6. The summed E-state index contributed by atoms with van der Waals surface area (Å²) in [6.07, 6.45) is 0.712. The first-order valence-electron chi connectivity index (χ1n) is 4.35. The predicted molar refractivity (Wildman–Crippen MR) is 95.6 cm³/mol. The predicted octanol–water partition coefficient (Wildman–Crippen LogP) is -1.67. The molecule has 106 valence electrons. The van der Waals surface area contributed by atoms with Crippen LogP contribution in [0.2, 0.25) is 0 Å². The van der Waals surface area contributed by atoms with E-state index in [0.717, 1.165) is 0 Å². The van der Waals surface area contributed by atoms with E-state index >= 15 is 0 Å². The Balaban J connectivity index is -0.000000187. The first-order valence-corrected chi connectivity index (χ1v) is 10.1. The van der Waals surface area contributed by atoms with E-state index in [9.17, 15) is 16.8 Å². The molecule has 14 heteroatoms. The van der Waals surface area contributed by atoms with Gasteiger partial charge in [-0.15, -0.1) is 0 Å². The second-order valence-corrected chi connectivity index (χ2v) is 8.77. The zero-order chi connectivity index (χ0) is 12.7. The Morgan fingerprint density at radius 2 is 0.900 bits per heavy atom. The van der Waals surface area contributed by atoms with Gasteiger partial charge in [0, 0.05) is 11.5 Å². The van der Waals surface area contributed by atoms with Crippen LogP contribution in [0.4, 0.5) is 0 Å². The van der Waals surface area contributed by atoms with E-state index < -0.39 is 20.2 Å². The monoisotopic (exact) mass is 406 g/mol. The zero-order valence-corrected chi connectivity index (χ0v) is 11.7. The van der Waals surface area contributed by atoms with E-state index in [2.05, 4.69) is 0 Å². The fraction of sp³-hybridized carbons (Fsp3) is 1.00. The minimum atomic E-state index is -3.88. The second-order valence-electron chi connectivity index (χ2n) is 2.92. The molecule has 0 rings (SSSR count). The van der Waals surface area contributed by atoms with Crippen molar-refractivity contribution in [1.29, 1.82) is 0 Å². The molecule has 0 saturated heterocycles. The molecule has 0 aliphatic carbocycles. The van der Waals surface area contributed by atoms with Crippen LogP contribution < -0.4 is 0 Å². The van der Waals surface area contributed by atoms with E-state index in [0.29, 0.717) is 24.3 Å². The van der Waals surface area contributed by atoms with Crippen molar-refractivity contribution in [3.05, 3.63) is 0 Å². The molecular formula is C6H18Na4O6S4. The molecule has 0 bridgehead atoms. The molecule has 0 aromatic heterocycles. The topological polar surface area (TPSA) is 109 Å². The first kappa shape index (κ1) is 35.6. The molecule has 0 radical (unpaired) electrons. The van der Waals surface area contributed by atoms with Crippen LogP contribution in [-0.2, 0) is 20.2 Å². The first-order chi connectivity index (χ1) is 7.21.